The number of amides is 1. The number of rotatable bonds is 3. The number of anilines is 1. The Labute approximate surface area is 142 Å². The highest BCUT2D eigenvalue weighted by molar-refractivity contribution is 6.04. The summed E-state index contributed by atoms with van der Waals surface area (Å²) in [5.41, 5.74) is 0.432. The number of hydrogen-bond acceptors (Lipinski definition) is 4. The molecule has 0 radical (unpaired) electrons. The van der Waals surface area contributed by atoms with Crippen LogP contribution in [-0.2, 0) is 0 Å². The maximum Gasteiger partial charge on any atom is 0.272 e. The van der Waals surface area contributed by atoms with Gasteiger partial charge >= 0.3 is 0 Å². The van der Waals surface area contributed by atoms with Gasteiger partial charge in [-0.3, -0.25) is 14.2 Å². The Bertz CT molecular complexity index is 1100. The Hall–Kier alpha value is -3.74. The second-order valence-corrected chi connectivity index (χ2v) is 5.43. The summed E-state index contributed by atoms with van der Waals surface area (Å²) < 4.78 is 1.76. The Kier molecular flexibility index (Phi) is 3.59. The van der Waals surface area contributed by atoms with Crippen LogP contribution in [0.5, 0.6) is 0 Å². The summed E-state index contributed by atoms with van der Waals surface area (Å²) in [4.78, 5) is 35.3. The summed E-state index contributed by atoms with van der Waals surface area (Å²) in [6.45, 7) is 0. The van der Waals surface area contributed by atoms with Gasteiger partial charge in [-0.25, -0.2) is 9.97 Å². The number of hydrogen-bond donors (Lipinski definition) is 2. The standard InChI is InChI=1S/C18H13N5O2/c24-17-14-4-2-1-3-12(14)9-15(22-17)18(25)21-13-5-6-16(20-10-13)23-8-7-19-11-23/h1-11H,(H,21,25)(H,22,24). The predicted octanol–water partition coefficient (Wildman–Crippen LogP) is 2.36. The third-order valence-corrected chi connectivity index (χ3v) is 3.77. The van der Waals surface area contributed by atoms with Crippen LogP contribution in [0.1, 0.15) is 10.5 Å². The summed E-state index contributed by atoms with van der Waals surface area (Å²) in [5.74, 6) is 0.287. The minimum Gasteiger partial charge on any atom is -0.319 e. The van der Waals surface area contributed by atoms with E-state index in [-0.39, 0.29) is 11.3 Å². The number of nitrogens with zero attached hydrogens (tertiary/aromatic N) is 3. The molecule has 7 heteroatoms. The molecule has 122 valence electrons. The number of benzene rings is 1. The van der Waals surface area contributed by atoms with Crippen LogP contribution in [0.15, 0.2) is 72.2 Å². The lowest BCUT2D eigenvalue weighted by molar-refractivity contribution is 0.102. The van der Waals surface area contributed by atoms with E-state index in [4.69, 9.17) is 0 Å². The Morgan fingerprint density at radius 2 is 2.04 bits per heavy atom. The molecule has 1 aromatic carbocycles. The van der Waals surface area contributed by atoms with Crippen molar-refractivity contribution in [2.45, 2.75) is 0 Å². The van der Waals surface area contributed by atoms with Crippen LogP contribution >= 0.6 is 0 Å². The number of aromatic amines is 1. The van der Waals surface area contributed by atoms with Crippen LogP contribution in [0.3, 0.4) is 0 Å². The zero-order valence-electron chi connectivity index (χ0n) is 13.0. The summed E-state index contributed by atoms with van der Waals surface area (Å²) in [6, 6.07) is 12.3. The van der Waals surface area contributed by atoms with Gasteiger partial charge in [0.05, 0.1) is 11.9 Å². The topological polar surface area (TPSA) is 92.7 Å². The van der Waals surface area contributed by atoms with Crippen LogP contribution in [0, 0.1) is 0 Å². The molecule has 0 saturated heterocycles. The van der Waals surface area contributed by atoms with Gasteiger partial charge in [0, 0.05) is 17.8 Å². The first-order chi connectivity index (χ1) is 12.2. The fraction of sp³-hybridized carbons (Fsp3) is 0. The van der Waals surface area contributed by atoms with E-state index < -0.39 is 5.91 Å². The van der Waals surface area contributed by atoms with Crippen LogP contribution in [0.4, 0.5) is 5.69 Å². The normalized spacial score (nSPS) is 10.7. The zero-order valence-corrected chi connectivity index (χ0v) is 13.0. The second kappa shape index (κ2) is 6.04. The Morgan fingerprint density at radius 3 is 2.80 bits per heavy atom. The van der Waals surface area contributed by atoms with Crippen molar-refractivity contribution in [1.29, 1.82) is 0 Å². The van der Waals surface area contributed by atoms with Crippen molar-refractivity contribution in [3.63, 3.8) is 0 Å². The average Bonchev–Trinajstić information content (AvgIpc) is 3.17. The van der Waals surface area contributed by atoms with Crippen LogP contribution < -0.4 is 10.9 Å². The molecule has 2 N–H and O–H groups in total. The van der Waals surface area contributed by atoms with Gasteiger partial charge < -0.3 is 10.3 Å². The quantitative estimate of drug-likeness (QED) is 0.603. The highest BCUT2D eigenvalue weighted by Crippen LogP contribution is 2.13. The van der Waals surface area contributed by atoms with E-state index in [2.05, 4.69) is 20.3 Å². The first-order valence-electron chi connectivity index (χ1n) is 7.58. The molecule has 0 saturated carbocycles. The molecule has 0 aliphatic carbocycles. The van der Waals surface area contributed by atoms with Crippen molar-refractivity contribution in [2.75, 3.05) is 5.32 Å². The smallest absolute Gasteiger partial charge is 0.272 e. The number of imidazole rings is 1. The summed E-state index contributed by atoms with van der Waals surface area (Å²) in [6.07, 6.45) is 6.63. The van der Waals surface area contributed by atoms with E-state index in [1.807, 2.05) is 6.07 Å². The lowest BCUT2D eigenvalue weighted by Crippen LogP contribution is -2.19. The van der Waals surface area contributed by atoms with Crippen molar-refractivity contribution < 1.29 is 4.79 Å². The van der Waals surface area contributed by atoms with Crippen LogP contribution in [-0.4, -0.2) is 25.4 Å². The molecular formula is C18H13N5O2. The molecule has 3 heterocycles. The molecule has 0 spiro atoms. The van der Waals surface area contributed by atoms with Gasteiger partial charge in [-0.2, -0.15) is 0 Å². The number of carbonyl (C=O) groups excluding carboxylic acids is 1. The number of aromatic nitrogens is 4. The summed E-state index contributed by atoms with van der Waals surface area (Å²) in [5, 5.41) is 3.99. The van der Waals surface area contributed by atoms with E-state index in [0.29, 0.717) is 22.3 Å². The van der Waals surface area contributed by atoms with E-state index in [1.165, 1.54) is 0 Å². The van der Waals surface area contributed by atoms with Crippen molar-refractivity contribution in [3.05, 3.63) is 83.4 Å². The molecule has 1 amide bonds. The van der Waals surface area contributed by atoms with Gasteiger partial charge in [-0.15, -0.1) is 0 Å². The molecule has 0 aliphatic heterocycles. The molecule has 3 aromatic heterocycles. The van der Waals surface area contributed by atoms with Gasteiger partial charge in [0.25, 0.3) is 11.5 Å². The summed E-state index contributed by atoms with van der Waals surface area (Å²) in [7, 11) is 0. The fourth-order valence-corrected chi connectivity index (χ4v) is 2.54. The van der Waals surface area contributed by atoms with Gasteiger partial charge in [-0.1, -0.05) is 18.2 Å². The molecule has 4 aromatic rings. The minimum absolute atomic E-state index is 0.197. The average molecular weight is 331 g/mol. The van der Waals surface area contributed by atoms with Gasteiger partial charge in [0.2, 0.25) is 0 Å². The molecule has 7 nitrogen and oxygen atoms in total. The second-order valence-electron chi connectivity index (χ2n) is 5.43. The maximum absolute atomic E-state index is 12.4. The third kappa shape index (κ3) is 2.90. The van der Waals surface area contributed by atoms with Gasteiger partial charge in [0.15, 0.2) is 0 Å². The molecule has 0 aliphatic rings. The van der Waals surface area contributed by atoms with Gasteiger partial charge in [-0.05, 0) is 29.7 Å². The van der Waals surface area contributed by atoms with Crippen molar-refractivity contribution in [1.82, 2.24) is 19.5 Å². The zero-order chi connectivity index (χ0) is 17.2. The van der Waals surface area contributed by atoms with E-state index >= 15 is 0 Å². The lowest BCUT2D eigenvalue weighted by atomic mass is 10.1. The van der Waals surface area contributed by atoms with Crippen molar-refractivity contribution >= 4 is 22.4 Å². The molecule has 0 fully saturated rings. The first-order valence-corrected chi connectivity index (χ1v) is 7.58. The highest BCUT2D eigenvalue weighted by Gasteiger charge is 2.10. The molecule has 25 heavy (non-hydrogen) atoms. The first kappa shape index (κ1) is 14.8. The fourth-order valence-electron chi connectivity index (χ4n) is 2.54. The van der Waals surface area contributed by atoms with E-state index in [9.17, 15) is 9.59 Å². The van der Waals surface area contributed by atoms with Crippen LogP contribution in [0.2, 0.25) is 0 Å². The van der Waals surface area contributed by atoms with E-state index in [1.54, 1.807) is 65.9 Å². The van der Waals surface area contributed by atoms with Crippen molar-refractivity contribution in [2.24, 2.45) is 0 Å². The number of nitrogens with one attached hydrogen (secondary N) is 2. The number of carbonyl (C=O) groups is 1. The third-order valence-electron chi connectivity index (χ3n) is 3.77. The van der Waals surface area contributed by atoms with Crippen molar-refractivity contribution in [3.8, 4) is 5.82 Å². The lowest BCUT2D eigenvalue weighted by Gasteiger charge is -2.07. The number of fused-ring (bicyclic) bond motifs is 1. The van der Waals surface area contributed by atoms with E-state index in [0.717, 1.165) is 0 Å². The molecule has 0 atom stereocenters. The predicted molar refractivity (Wildman–Crippen MR) is 93.9 cm³/mol. The Balaban J connectivity index is 1.59. The molecule has 0 bridgehead atoms. The highest BCUT2D eigenvalue weighted by atomic mass is 16.2. The van der Waals surface area contributed by atoms with Crippen LogP contribution in [0.25, 0.3) is 16.6 Å². The summed E-state index contributed by atoms with van der Waals surface area (Å²) >= 11 is 0. The maximum atomic E-state index is 12.4. The minimum atomic E-state index is -0.403. The monoisotopic (exact) mass is 331 g/mol. The number of pyridine rings is 2. The number of H-pyrrole nitrogens is 1. The molecule has 4 rings (SSSR count). The SMILES string of the molecule is O=C(Nc1ccc(-n2ccnc2)nc1)c1cc2ccccc2c(=O)[nH]1. The van der Waals surface area contributed by atoms with Gasteiger partial charge in [0.1, 0.15) is 17.8 Å². The largest absolute Gasteiger partial charge is 0.319 e. The Morgan fingerprint density at radius 1 is 1.16 bits per heavy atom. The molecule has 0 unspecified atom stereocenters. The molecular weight excluding hydrogens is 318 g/mol.